The zero-order valence-electron chi connectivity index (χ0n) is 25.6. The molecule has 6 heteroatoms. The second kappa shape index (κ2) is 11.6. The van der Waals surface area contributed by atoms with Crippen LogP contribution in [0.2, 0.25) is 0 Å². The summed E-state index contributed by atoms with van der Waals surface area (Å²) in [4.78, 5) is 20.7. The topological polar surface area (TPSA) is 68.8 Å². The lowest BCUT2D eigenvalue weighted by molar-refractivity contribution is -0.108. The van der Waals surface area contributed by atoms with Crippen LogP contribution >= 0.6 is 0 Å². The highest BCUT2D eigenvalue weighted by atomic mass is 16.1. The number of fused-ring (bicyclic) bond motifs is 2. The summed E-state index contributed by atoms with van der Waals surface area (Å²) in [6.45, 7) is 18.5. The molecule has 2 bridgehead atoms. The Morgan fingerprint density at radius 1 is 1.02 bits per heavy atom. The fraction of sp³-hybridized carbons (Fsp3) is 0.588. The Bertz CT molecular complexity index is 1230. The molecule has 3 N–H and O–H groups in total. The number of rotatable bonds is 6. The highest BCUT2D eigenvalue weighted by Crippen LogP contribution is 2.61. The van der Waals surface area contributed by atoms with Crippen molar-refractivity contribution in [2.75, 3.05) is 25.0 Å². The van der Waals surface area contributed by atoms with Crippen LogP contribution in [0.25, 0.3) is 0 Å². The van der Waals surface area contributed by atoms with Crippen molar-refractivity contribution in [2.45, 2.75) is 85.9 Å². The molecule has 2 aromatic rings. The van der Waals surface area contributed by atoms with E-state index < -0.39 is 0 Å². The fourth-order valence-electron chi connectivity index (χ4n) is 7.52. The number of hydrogen-bond donors (Lipinski definition) is 3. The van der Waals surface area contributed by atoms with Crippen molar-refractivity contribution in [3.05, 3.63) is 64.7 Å². The number of nitrogens with one attached hydrogen (secondary N) is 3. The lowest BCUT2D eigenvalue weighted by Crippen LogP contribution is -2.59. The molecule has 3 aliphatic carbocycles. The third-order valence-electron chi connectivity index (χ3n) is 10.0. The molecule has 4 fully saturated rings. The second-order valence-electron chi connectivity index (χ2n) is 13.5. The predicted molar refractivity (Wildman–Crippen MR) is 166 cm³/mol. The molecule has 1 heterocycles. The standard InChI is InChI=1S/C34H49N5O/c1-21-8-9-26(22(2)16-21)14-15-35-32(40)27-10-12-29(13-11-27)37-33(39-19-23(3)36-24(4)20-39)38-31-18-28-17-30(25(31)5)34(28,6)7/h8-13,16,23-25,28,30-31,36H,14-15,17-20H2,1-7H3,(H,35,40)(H,37,38)/t23?,24?,25-,28+,30+,31+/m1/s1. The van der Waals surface area contributed by atoms with Gasteiger partial charge in [-0.05, 0) is 106 Å². The van der Waals surface area contributed by atoms with E-state index in [0.717, 1.165) is 43.0 Å². The maximum Gasteiger partial charge on any atom is 0.251 e. The van der Waals surface area contributed by atoms with Gasteiger partial charge in [-0.25, -0.2) is 4.99 Å². The van der Waals surface area contributed by atoms with Gasteiger partial charge >= 0.3 is 0 Å². The van der Waals surface area contributed by atoms with E-state index >= 15 is 0 Å². The minimum Gasteiger partial charge on any atom is -0.352 e. The number of benzene rings is 2. The first-order valence-corrected chi connectivity index (χ1v) is 15.3. The number of amides is 1. The third kappa shape index (κ3) is 6.07. The van der Waals surface area contributed by atoms with Gasteiger partial charge in [-0.3, -0.25) is 4.79 Å². The molecule has 6 rings (SSSR count). The Kier molecular flexibility index (Phi) is 8.28. The number of carbonyl (C=O) groups is 1. The average molecular weight is 544 g/mol. The second-order valence-corrected chi connectivity index (χ2v) is 13.5. The van der Waals surface area contributed by atoms with E-state index in [2.05, 4.69) is 87.5 Å². The van der Waals surface area contributed by atoms with Crippen molar-refractivity contribution in [1.82, 2.24) is 15.5 Å². The van der Waals surface area contributed by atoms with E-state index in [4.69, 9.17) is 4.99 Å². The molecule has 0 spiro atoms. The van der Waals surface area contributed by atoms with Crippen LogP contribution in [-0.2, 0) is 6.42 Å². The highest BCUT2D eigenvalue weighted by Gasteiger charge is 2.56. The van der Waals surface area contributed by atoms with E-state index in [9.17, 15) is 4.79 Å². The van der Waals surface area contributed by atoms with Gasteiger partial charge in [0.15, 0.2) is 5.96 Å². The van der Waals surface area contributed by atoms with Gasteiger partial charge in [-0.1, -0.05) is 44.5 Å². The first-order valence-electron chi connectivity index (χ1n) is 15.3. The predicted octanol–water partition coefficient (Wildman–Crippen LogP) is 5.80. The Morgan fingerprint density at radius 3 is 2.35 bits per heavy atom. The van der Waals surface area contributed by atoms with Crippen molar-refractivity contribution >= 4 is 17.6 Å². The molecule has 3 saturated carbocycles. The summed E-state index contributed by atoms with van der Waals surface area (Å²) in [6.07, 6.45) is 3.37. The average Bonchev–Trinajstić information content (AvgIpc) is 2.90. The zero-order valence-corrected chi connectivity index (χ0v) is 25.6. The summed E-state index contributed by atoms with van der Waals surface area (Å²) in [6, 6.07) is 15.5. The molecule has 1 aliphatic heterocycles. The number of aliphatic imine (C=N–C) groups is 1. The van der Waals surface area contributed by atoms with E-state index in [1.165, 1.54) is 29.5 Å². The number of piperazine rings is 1. The summed E-state index contributed by atoms with van der Waals surface area (Å²) >= 11 is 0. The monoisotopic (exact) mass is 543 g/mol. The van der Waals surface area contributed by atoms with E-state index in [1.54, 1.807) is 0 Å². The molecule has 40 heavy (non-hydrogen) atoms. The van der Waals surface area contributed by atoms with Crippen molar-refractivity contribution in [3.63, 3.8) is 0 Å². The van der Waals surface area contributed by atoms with E-state index in [1.807, 2.05) is 24.3 Å². The van der Waals surface area contributed by atoms with Crippen LogP contribution < -0.4 is 16.0 Å². The fourth-order valence-corrected chi connectivity index (χ4v) is 7.52. The van der Waals surface area contributed by atoms with Crippen LogP contribution in [0, 0.1) is 37.0 Å². The number of nitrogens with zero attached hydrogens (tertiary/aromatic N) is 2. The van der Waals surface area contributed by atoms with Gasteiger partial charge in [0, 0.05) is 43.0 Å². The van der Waals surface area contributed by atoms with Crippen LogP contribution in [0.1, 0.15) is 74.5 Å². The van der Waals surface area contributed by atoms with Crippen LogP contribution in [-0.4, -0.2) is 54.5 Å². The summed E-state index contributed by atoms with van der Waals surface area (Å²) in [7, 11) is 0. The minimum atomic E-state index is -0.0344. The zero-order chi connectivity index (χ0) is 28.6. The largest absolute Gasteiger partial charge is 0.352 e. The van der Waals surface area contributed by atoms with Crippen LogP contribution in [0.3, 0.4) is 0 Å². The lowest BCUT2D eigenvalue weighted by atomic mass is 9.45. The van der Waals surface area contributed by atoms with Crippen molar-refractivity contribution in [3.8, 4) is 0 Å². The lowest BCUT2D eigenvalue weighted by Gasteiger charge is -2.61. The highest BCUT2D eigenvalue weighted by molar-refractivity contribution is 5.96. The van der Waals surface area contributed by atoms with Gasteiger partial charge in [0.1, 0.15) is 0 Å². The maximum absolute atomic E-state index is 12.8. The van der Waals surface area contributed by atoms with Gasteiger partial charge in [0.2, 0.25) is 0 Å². The van der Waals surface area contributed by atoms with E-state index in [-0.39, 0.29) is 5.91 Å². The van der Waals surface area contributed by atoms with Crippen LogP contribution in [0.15, 0.2) is 47.5 Å². The van der Waals surface area contributed by atoms with Gasteiger partial charge in [-0.2, -0.15) is 0 Å². The Balaban J connectivity index is 1.25. The molecular weight excluding hydrogens is 494 g/mol. The first-order chi connectivity index (χ1) is 19.0. The molecule has 2 unspecified atom stereocenters. The third-order valence-corrected chi connectivity index (χ3v) is 10.0. The van der Waals surface area contributed by atoms with E-state index in [0.29, 0.717) is 41.6 Å². The normalized spacial score (nSPS) is 29.5. The smallest absolute Gasteiger partial charge is 0.251 e. The molecule has 1 amide bonds. The number of anilines is 1. The van der Waals surface area contributed by atoms with Gasteiger partial charge in [0.05, 0.1) is 6.04 Å². The van der Waals surface area contributed by atoms with Crippen molar-refractivity contribution in [1.29, 1.82) is 0 Å². The first kappa shape index (κ1) is 28.7. The van der Waals surface area contributed by atoms with Crippen LogP contribution in [0.5, 0.6) is 0 Å². The number of aryl methyl sites for hydroxylation is 2. The number of hydrogen-bond acceptors (Lipinski definition) is 3. The molecule has 2 aromatic carbocycles. The molecular formula is C34H49N5O. The van der Waals surface area contributed by atoms with Crippen LogP contribution in [0.4, 0.5) is 5.69 Å². The van der Waals surface area contributed by atoms with Crippen molar-refractivity contribution in [2.24, 2.45) is 28.2 Å². The summed E-state index contributed by atoms with van der Waals surface area (Å²) in [5.74, 6) is 3.06. The Labute approximate surface area is 241 Å². The van der Waals surface area contributed by atoms with Gasteiger partial charge in [-0.15, -0.1) is 0 Å². The molecule has 0 aromatic heterocycles. The number of carbonyl (C=O) groups excluding carboxylic acids is 1. The summed E-state index contributed by atoms with van der Waals surface area (Å²) in [5, 5.41) is 10.4. The molecule has 216 valence electrons. The molecule has 6 atom stereocenters. The molecule has 0 radical (unpaired) electrons. The van der Waals surface area contributed by atoms with Gasteiger partial charge < -0.3 is 20.9 Å². The maximum atomic E-state index is 12.8. The molecule has 6 nitrogen and oxygen atoms in total. The van der Waals surface area contributed by atoms with Crippen molar-refractivity contribution < 1.29 is 4.79 Å². The molecule has 4 aliphatic rings. The summed E-state index contributed by atoms with van der Waals surface area (Å²) in [5.41, 5.74) is 5.92. The Morgan fingerprint density at radius 2 is 1.73 bits per heavy atom. The summed E-state index contributed by atoms with van der Waals surface area (Å²) < 4.78 is 0. The Hall–Kier alpha value is -2.86. The number of guanidine groups is 1. The minimum absolute atomic E-state index is 0.0344. The SMILES string of the molecule is Cc1ccc(CCNC(=O)c2ccc(NC(=N[C@H]3C[C@@H]4C[C@@H]([C@H]3C)C4(C)C)N3CC(C)NC(C)C3)cc2)c(C)c1. The molecule has 1 saturated heterocycles. The quantitative estimate of drug-likeness (QED) is 0.318. The van der Waals surface area contributed by atoms with Gasteiger partial charge in [0.25, 0.3) is 5.91 Å².